The van der Waals surface area contributed by atoms with E-state index in [9.17, 15) is 4.39 Å². The highest BCUT2D eigenvalue weighted by molar-refractivity contribution is 4.87. The van der Waals surface area contributed by atoms with Crippen LogP contribution in [0.2, 0.25) is 0 Å². The van der Waals surface area contributed by atoms with E-state index < -0.39 is 0 Å². The van der Waals surface area contributed by atoms with Crippen molar-refractivity contribution in [3.63, 3.8) is 0 Å². The van der Waals surface area contributed by atoms with Crippen LogP contribution in [0.25, 0.3) is 0 Å². The molecule has 3 heteroatoms. The van der Waals surface area contributed by atoms with E-state index >= 15 is 0 Å². The van der Waals surface area contributed by atoms with Crippen LogP contribution in [-0.4, -0.2) is 43.3 Å². The summed E-state index contributed by atoms with van der Waals surface area (Å²) in [6.45, 7) is 9.09. The van der Waals surface area contributed by atoms with E-state index in [1.165, 1.54) is 6.42 Å². The number of hydrogen-bond donors (Lipinski definition) is 1. The van der Waals surface area contributed by atoms with E-state index in [-0.39, 0.29) is 6.67 Å². The molecule has 0 aliphatic carbocycles. The maximum atomic E-state index is 12.4. The summed E-state index contributed by atoms with van der Waals surface area (Å²) in [4.78, 5) is 2.31. The van der Waals surface area contributed by atoms with Crippen molar-refractivity contribution < 1.29 is 4.39 Å². The number of halogens is 1. The highest BCUT2D eigenvalue weighted by atomic mass is 19.1. The molecule has 1 fully saturated rings. The minimum atomic E-state index is -0.219. The SMILES string of the molecule is CCC(C)C1CN(CCF)C(CC)CN1. The third-order valence-electron chi connectivity index (χ3n) is 3.74. The first-order chi connectivity index (χ1) is 7.22. The van der Waals surface area contributed by atoms with Crippen LogP contribution >= 0.6 is 0 Å². The van der Waals surface area contributed by atoms with Crippen LogP contribution in [-0.2, 0) is 0 Å². The van der Waals surface area contributed by atoms with Gasteiger partial charge in [-0.05, 0) is 12.3 Å². The Morgan fingerprint density at radius 3 is 2.73 bits per heavy atom. The van der Waals surface area contributed by atoms with Crippen molar-refractivity contribution in [2.75, 3.05) is 26.3 Å². The number of alkyl halides is 1. The first-order valence-corrected chi connectivity index (χ1v) is 6.26. The number of rotatable bonds is 5. The second-order valence-electron chi connectivity index (χ2n) is 4.65. The van der Waals surface area contributed by atoms with Crippen molar-refractivity contribution >= 4 is 0 Å². The molecule has 0 aromatic rings. The lowest BCUT2D eigenvalue weighted by molar-refractivity contribution is 0.0994. The maximum absolute atomic E-state index is 12.4. The molecule has 0 saturated carbocycles. The van der Waals surface area contributed by atoms with E-state index in [0.717, 1.165) is 19.5 Å². The van der Waals surface area contributed by atoms with Crippen LogP contribution < -0.4 is 5.32 Å². The minimum absolute atomic E-state index is 0.219. The van der Waals surface area contributed by atoms with E-state index in [1.807, 2.05) is 0 Å². The van der Waals surface area contributed by atoms with Crippen LogP contribution in [0.4, 0.5) is 4.39 Å². The molecule has 1 N–H and O–H groups in total. The highest BCUT2D eigenvalue weighted by Gasteiger charge is 2.28. The minimum Gasteiger partial charge on any atom is -0.311 e. The monoisotopic (exact) mass is 216 g/mol. The predicted octanol–water partition coefficient (Wildman–Crippen LogP) is 2.05. The first kappa shape index (κ1) is 12.9. The molecule has 0 aromatic carbocycles. The third kappa shape index (κ3) is 3.42. The highest BCUT2D eigenvalue weighted by Crippen LogP contribution is 2.16. The van der Waals surface area contributed by atoms with E-state index in [0.29, 0.717) is 24.5 Å². The van der Waals surface area contributed by atoms with Crippen LogP contribution in [0.5, 0.6) is 0 Å². The van der Waals surface area contributed by atoms with Gasteiger partial charge in [0, 0.05) is 31.7 Å². The fourth-order valence-corrected chi connectivity index (χ4v) is 2.33. The first-order valence-electron chi connectivity index (χ1n) is 6.26. The van der Waals surface area contributed by atoms with Gasteiger partial charge in [0.1, 0.15) is 6.67 Å². The molecule has 0 bridgehead atoms. The number of hydrogen-bond acceptors (Lipinski definition) is 2. The van der Waals surface area contributed by atoms with Gasteiger partial charge in [0.15, 0.2) is 0 Å². The summed E-state index contributed by atoms with van der Waals surface area (Å²) < 4.78 is 12.4. The molecule has 1 aliphatic rings. The van der Waals surface area contributed by atoms with Gasteiger partial charge in [-0.1, -0.05) is 27.2 Å². The Balaban J connectivity index is 2.49. The fourth-order valence-electron chi connectivity index (χ4n) is 2.33. The lowest BCUT2D eigenvalue weighted by Crippen LogP contribution is -2.58. The summed E-state index contributed by atoms with van der Waals surface area (Å²) in [5.74, 6) is 0.685. The van der Waals surface area contributed by atoms with Gasteiger partial charge in [0.2, 0.25) is 0 Å². The van der Waals surface area contributed by atoms with Crippen molar-refractivity contribution in [1.29, 1.82) is 0 Å². The Bertz CT molecular complexity index is 175. The molecule has 0 spiro atoms. The van der Waals surface area contributed by atoms with Gasteiger partial charge in [-0.25, -0.2) is 4.39 Å². The number of piperazine rings is 1. The van der Waals surface area contributed by atoms with Crippen molar-refractivity contribution in [2.24, 2.45) is 5.92 Å². The molecule has 90 valence electrons. The Morgan fingerprint density at radius 2 is 2.20 bits per heavy atom. The molecule has 2 nitrogen and oxygen atoms in total. The molecule has 0 amide bonds. The summed E-state index contributed by atoms with van der Waals surface area (Å²) in [7, 11) is 0. The number of nitrogens with one attached hydrogen (secondary N) is 1. The molecular weight excluding hydrogens is 191 g/mol. The van der Waals surface area contributed by atoms with Gasteiger partial charge in [-0.2, -0.15) is 0 Å². The van der Waals surface area contributed by atoms with Gasteiger partial charge in [0.05, 0.1) is 0 Å². The Hall–Kier alpha value is -0.150. The summed E-state index contributed by atoms with van der Waals surface area (Å²) >= 11 is 0. The van der Waals surface area contributed by atoms with Gasteiger partial charge in [-0.15, -0.1) is 0 Å². The molecule has 1 saturated heterocycles. The summed E-state index contributed by atoms with van der Waals surface area (Å²) in [5, 5.41) is 3.60. The summed E-state index contributed by atoms with van der Waals surface area (Å²) in [5.41, 5.74) is 0. The molecular formula is C12H25FN2. The van der Waals surface area contributed by atoms with Crippen LogP contribution in [0.1, 0.15) is 33.6 Å². The predicted molar refractivity (Wildman–Crippen MR) is 62.9 cm³/mol. The van der Waals surface area contributed by atoms with Gasteiger partial charge in [0.25, 0.3) is 0 Å². The standard InChI is InChI=1S/C12H25FN2/c1-4-10(3)12-9-15(7-6-13)11(5-2)8-14-12/h10-12,14H,4-9H2,1-3H3. The Labute approximate surface area is 93.2 Å². The molecule has 1 aliphatic heterocycles. The summed E-state index contributed by atoms with van der Waals surface area (Å²) in [6.07, 6.45) is 2.30. The smallest absolute Gasteiger partial charge is 0.102 e. The van der Waals surface area contributed by atoms with E-state index in [1.54, 1.807) is 0 Å². The van der Waals surface area contributed by atoms with Crippen molar-refractivity contribution in [1.82, 2.24) is 10.2 Å². The van der Waals surface area contributed by atoms with Crippen molar-refractivity contribution in [3.05, 3.63) is 0 Å². The zero-order valence-corrected chi connectivity index (χ0v) is 10.3. The molecule has 3 atom stereocenters. The topological polar surface area (TPSA) is 15.3 Å². The normalized spacial score (nSPS) is 30.4. The molecule has 0 radical (unpaired) electrons. The lowest BCUT2D eigenvalue weighted by Gasteiger charge is -2.41. The van der Waals surface area contributed by atoms with Crippen molar-refractivity contribution in [3.8, 4) is 0 Å². The second-order valence-corrected chi connectivity index (χ2v) is 4.65. The third-order valence-corrected chi connectivity index (χ3v) is 3.74. The van der Waals surface area contributed by atoms with Crippen LogP contribution in [0.15, 0.2) is 0 Å². The molecule has 3 unspecified atom stereocenters. The van der Waals surface area contributed by atoms with E-state index in [4.69, 9.17) is 0 Å². The largest absolute Gasteiger partial charge is 0.311 e. The summed E-state index contributed by atoms with van der Waals surface area (Å²) in [6, 6.07) is 1.07. The van der Waals surface area contributed by atoms with Gasteiger partial charge in [-0.3, -0.25) is 4.90 Å². The maximum Gasteiger partial charge on any atom is 0.102 e. The number of nitrogens with zero attached hydrogens (tertiary/aromatic N) is 1. The zero-order valence-electron chi connectivity index (χ0n) is 10.3. The molecule has 15 heavy (non-hydrogen) atoms. The Kier molecular flexibility index (Phi) is 5.54. The Morgan fingerprint density at radius 1 is 1.47 bits per heavy atom. The average Bonchev–Trinajstić information content (AvgIpc) is 2.28. The van der Waals surface area contributed by atoms with Crippen molar-refractivity contribution in [2.45, 2.75) is 45.7 Å². The molecule has 0 aromatic heterocycles. The second kappa shape index (κ2) is 6.44. The van der Waals surface area contributed by atoms with Gasteiger partial charge >= 0.3 is 0 Å². The average molecular weight is 216 g/mol. The zero-order chi connectivity index (χ0) is 11.3. The van der Waals surface area contributed by atoms with Crippen LogP contribution in [0.3, 0.4) is 0 Å². The lowest BCUT2D eigenvalue weighted by atomic mass is 9.95. The van der Waals surface area contributed by atoms with Crippen LogP contribution in [0, 0.1) is 5.92 Å². The van der Waals surface area contributed by atoms with E-state index in [2.05, 4.69) is 31.0 Å². The molecule has 1 rings (SSSR count). The van der Waals surface area contributed by atoms with Gasteiger partial charge < -0.3 is 5.32 Å². The molecule has 1 heterocycles. The quantitative estimate of drug-likeness (QED) is 0.756. The fraction of sp³-hybridized carbons (Fsp3) is 1.00.